The van der Waals surface area contributed by atoms with E-state index >= 15 is 0 Å². The molecule has 0 N–H and O–H groups in total. The van der Waals surface area contributed by atoms with Gasteiger partial charge in [-0.15, -0.1) is 0 Å². The van der Waals surface area contributed by atoms with E-state index in [1.807, 2.05) is 14.1 Å². The van der Waals surface area contributed by atoms with Gasteiger partial charge in [-0.25, -0.2) is 0 Å². The first-order chi connectivity index (χ1) is 6.31. The molecule has 0 fully saturated rings. The zero-order chi connectivity index (χ0) is 9.68. The van der Waals surface area contributed by atoms with E-state index in [4.69, 9.17) is 0 Å². The minimum atomic E-state index is 0. The molecule has 0 atom stereocenters. The van der Waals surface area contributed by atoms with Crippen molar-refractivity contribution in [1.82, 2.24) is 9.97 Å². The van der Waals surface area contributed by atoms with Crippen molar-refractivity contribution in [1.29, 1.82) is 0 Å². The molecule has 1 aromatic heterocycles. The summed E-state index contributed by atoms with van der Waals surface area (Å²) in [5.41, 5.74) is 2.13. The summed E-state index contributed by atoms with van der Waals surface area (Å²) >= 11 is 0. The van der Waals surface area contributed by atoms with Gasteiger partial charge in [0.2, 0.25) is 0 Å². The molecule has 0 saturated carbocycles. The molecule has 1 aromatic rings. The third-order valence-corrected chi connectivity index (χ3v) is 1.90. The van der Waals surface area contributed by atoms with Gasteiger partial charge in [-0.3, -0.25) is 0 Å². The predicted molar refractivity (Wildman–Crippen MR) is 54.6 cm³/mol. The van der Waals surface area contributed by atoms with Crippen molar-refractivity contribution >= 4 is 7.28 Å². The number of aryl methyl sites for hydroxylation is 1. The van der Waals surface area contributed by atoms with E-state index in [9.17, 15) is 0 Å². The Labute approximate surface area is 112 Å². The summed E-state index contributed by atoms with van der Waals surface area (Å²) in [6.07, 6.45) is 5.47. The largest absolute Gasteiger partial charge is 0.374 e. The van der Waals surface area contributed by atoms with Crippen LogP contribution in [0.5, 0.6) is 0 Å². The van der Waals surface area contributed by atoms with Crippen LogP contribution in [0, 0.1) is 13.1 Å². The fourth-order valence-corrected chi connectivity index (χ4v) is 1.21. The summed E-state index contributed by atoms with van der Waals surface area (Å²) in [6, 6.07) is 0. The average molecular weight is 262 g/mol. The summed E-state index contributed by atoms with van der Waals surface area (Å²) in [4.78, 5) is 8.58. The Kier molecular flexibility index (Phi) is 7.66. The van der Waals surface area contributed by atoms with E-state index in [2.05, 4.69) is 30.0 Å². The number of hydrogen-bond donors (Lipinski definition) is 0. The molecule has 2 radical (unpaired) electrons. The zero-order valence-corrected chi connectivity index (χ0v) is 11.7. The Bertz CT molecular complexity index is 279. The molecule has 0 aromatic carbocycles. The van der Waals surface area contributed by atoms with Crippen LogP contribution in [-0.2, 0) is 51.9 Å². The van der Waals surface area contributed by atoms with Crippen molar-refractivity contribution in [3.05, 3.63) is 30.2 Å². The van der Waals surface area contributed by atoms with Crippen molar-refractivity contribution in [3.63, 3.8) is 0 Å². The van der Waals surface area contributed by atoms with Crippen molar-refractivity contribution in [3.8, 4) is 0 Å². The van der Waals surface area contributed by atoms with E-state index < -0.39 is 0 Å². The summed E-state index contributed by atoms with van der Waals surface area (Å²) < 4.78 is 0. The van der Waals surface area contributed by atoms with Crippen LogP contribution in [0.3, 0.4) is 0 Å². The van der Waals surface area contributed by atoms with Gasteiger partial charge in [0.1, 0.15) is 7.28 Å². The van der Waals surface area contributed by atoms with Crippen molar-refractivity contribution in [2.45, 2.75) is 32.9 Å². The molecule has 0 spiro atoms. The van der Waals surface area contributed by atoms with E-state index in [1.165, 1.54) is 0 Å². The molecule has 0 amide bonds. The van der Waals surface area contributed by atoms with Crippen LogP contribution >= 0.6 is 0 Å². The van der Waals surface area contributed by atoms with Gasteiger partial charge in [0, 0.05) is 38.5 Å². The number of aromatic nitrogens is 2. The third kappa shape index (κ3) is 3.78. The van der Waals surface area contributed by atoms with Crippen LogP contribution in [0.25, 0.3) is 0 Å². The molecule has 0 aliphatic carbocycles. The van der Waals surface area contributed by atoms with Crippen LogP contribution in [0.1, 0.15) is 24.0 Å². The molecular weight excluding hydrogens is 248 g/mol. The monoisotopic (exact) mass is 262 g/mol. The Morgan fingerprint density at radius 3 is 2.71 bits per heavy atom. The zero-order valence-electron chi connectivity index (χ0n) is 8.88. The Morgan fingerprint density at radius 1 is 1.50 bits per heavy atom. The van der Waals surface area contributed by atoms with Gasteiger partial charge in [-0.05, 0) is 0 Å². The molecule has 4 heteroatoms. The second-order valence-electron chi connectivity index (χ2n) is 2.89. The maximum atomic E-state index is 4.44. The van der Waals surface area contributed by atoms with Gasteiger partial charge < -0.3 is 16.9 Å². The Balaban J connectivity index is 0.00000169. The Morgan fingerprint density at radius 2 is 2.21 bits per heavy atom. The van der Waals surface area contributed by atoms with Crippen LogP contribution < -0.4 is 0 Å². The molecule has 0 bridgehead atoms. The van der Waals surface area contributed by atoms with Gasteiger partial charge in [0.05, 0.1) is 0 Å². The van der Waals surface area contributed by atoms with Crippen molar-refractivity contribution in [2.75, 3.05) is 0 Å². The standard InChI is InChI=1S/C10H14BN2.Y/c1-4-8-7-12-10(6-11-3)13-9(8)5-2;/h1,4-6H2,2-3H3;/q-2;. The van der Waals surface area contributed by atoms with Crippen LogP contribution in [0.15, 0.2) is 0 Å². The van der Waals surface area contributed by atoms with Crippen LogP contribution in [0.4, 0.5) is 0 Å². The topological polar surface area (TPSA) is 25.8 Å². The second kappa shape index (κ2) is 7.53. The summed E-state index contributed by atoms with van der Waals surface area (Å²) in [5.74, 6) is 0.858. The smallest absolute Gasteiger partial charge is 0.101 e. The molecule has 0 unspecified atom stereocenters. The van der Waals surface area contributed by atoms with E-state index in [0.29, 0.717) is 0 Å². The first-order valence-electron chi connectivity index (χ1n) is 4.65. The fraction of sp³-hybridized carbons (Fsp3) is 0.500. The molecular formula is C10H14BN2Y-2. The van der Waals surface area contributed by atoms with E-state index in [1.54, 1.807) is 0 Å². The normalized spacial score (nSPS) is 9.36. The molecule has 1 heterocycles. The van der Waals surface area contributed by atoms with Crippen molar-refractivity contribution < 1.29 is 32.7 Å². The number of nitrogens with zero attached hydrogens (tertiary/aromatic N) is 2. The second-order valence-corrected chi connectivity index (χ2v) is 2.89. The summed E-state index contributed by atoms with van der Waals surface area (Å²) in [5, 5.41) is 0. The summed E-state index contributed by atoms with van der Waals surface area (Å²) in [7, 11) is 2.05. The fourth-order valence-electron chi connectivity index (χ4n) is 1.21. The molecule has 0 aliphatic heterocycles. The average Bonchev–Trinajstić information content (AvgIpc) is 2.18. The SMILES string of the molecule is [CH2-]Cc1[c-]nc(C[B]C)nc1CC.[Y]. The molecule has 0 aliphatic rings. The number of rotatable bonds is 4. The Hall–Kier alpha value is 0.249. The van der Waals surface area contributed by atoms with Crippen LogP contribution in [0.2, 0.25) is 6.82 Å². The predicted octanol–water partition coefficient (Wildman–Crippen LogP) is 1.47. The maximum Gasteiger partial charge on any atom is 0.101 e. The van der Waals surface area contributed by atoms with Gasteiger partial charge >= 0.3 is 0 Å². The molecule has 2 nitrogen and oxygen atoms in total. The minimum Gasteiger partial charge on any atom is -0.374 e. The number of hydrogen-bond acceptors (Lipinski definition) is 2. The molecule has 1 rings (SSSR count). The van der Waals surface area contributed by atoms with E-state index in [0.717, 1.165) is 36.2 Å². The quantitative estimate of drug-likeness (QED) is 0.606. The molecule has 72 valence electrons. The first-order valence-corrected chi connectivity index (χ1v) is 4.65. The van der Waals surface area contributed by atoms with Crippen molar-refractivity contribution in [2.24, 2.45) is 0 Å². The van der Waals surface area contributed by atoms with Gasteiger partial charge in [-0.2, -0.15) is 12.0 Å². The summed E-state index contributed by atoms with van der Waals surface area (Å²) in [6.45, 7) is 7.92. The molecule has 0 saturated heterocycles. The minimum absolute atomic E-state index is 0. The maximum absolute atomic E-state index is 4.44. The van der Waals surface area contributed by atoms with Crippen LogP contribution in [-0.4, -0.2) is 17.2 Å². The van der Waals surface area contributed by atoms with Gasteiger partial charge in [0.15, 0.2) is 0 Å². The van der Waals surface area contributed by atoms with E-state index in [-0.39, 0.29) is 32.7 Å². The third-order valence-electron chi connectivity index (χ3n) is 1.90. The molecule has 14 heavy (non-hydrogen) atoms. The first kappa shape index (κ1) is 14.2. The van der Waals surface area contributed by atoms with Gasteiger partial charge in [0.25, 0.3) is 0 Å². The van der Waals surface area contributed by atoms with Gasteiger partial charge in [-0.1, -0.05) is 38.4 Å².